The Labute approximate surface area is 184 Å². The molecule has 1 saturated heterocycles. The van der Waals surface area contributed by atoms with Gasteiger partial charge >= 0.3 is 0 Å². The van der Waals surface area contributed by atoms with Crippen molar-refractivity contribution in [2.75, 3.05) is 36.8 Å². The number of aromatic amines is 1. The molecule has 0 bridgehead atoms. The molecule has 5 rings (SSSR count). The summed E-state index contributed by atoms with van der Waals surface area (Å²) in [7, 11) is 0. The third-order valence-electron chi connectivity index (χ3n) is 5.83. The molecule has 0 radical (unpaired) electrons. The minimum absolute atomic E-state index is 0.0198. The van der Waals surface area contributed by atoms with Gasteiger partial charge in [0.2, 0.25) is 0 Å². The lowest BCUT2D eigenvalue weighted by molar-refractivity contribution is 0.0746. The molecule has 32 heavy (non-hydrogen) atoms. The van der Waals surface area contributed by atoms with Gasteiger partial charge in [-0.1, -0.05) is 24.3 Å². The minimum atomic E-state index is -0.215. The normalized spacial score (nSPS) is 14.0. The van der Waals surface area contributed by atoms with Crippen molar-refractivity contribution in [2.24, 2.45) is 0 Å². The van der Waals surface area contributed by atoms with Crippen LogP contribution in [0.15, 0.2) is 71.8 Å². The fraction of sp³-hybridized carbons (Fsp3) is 0.167. The van der Waals surface area contributed by atoms with E-state index >= 15 is 0 Å². The number of nitrogens with two attached hydrogens (primary N) is 1. The number of fused-ring (bicyclic) bond motifs is 1. The molecule has 1 aliphatic rings. The van der Waals surface area contributed by atoms with Crippen LogP contribution < -0.4 is 16.2 Å². The van der Waals surface area contributed by atoms with Crippen LogP contribution in [0.4, 0.5) is 11.4 Å². The number of H-pyrrole nitrogens is 1. The Hall–Kier alpha value is -4.20. The molecule has 3 heterocycles. The summed E-state index contributed by atoms with van der Waals surface area (Å²) in [5, 5.41) is 8.21. The van der Waals surface area contributed by atoms with Crippen LogP contribution >= 0.6 is 0 Å². The third-order valence-corrected chi connectivity index (χ3v) is 5.83. The number of hydrogen-bond donors (Lipinski definition) is 2. The van der Waals surface area contributed by atoms with E-state index < -0.39 is 0 Å². The van der Waals surface area contributed by atoms with Crippen LogP contribution in [0, 0.1) is 0 Å². The van der Waals surface area contributed by atoms with Gasteiger partial charge in [-0.2, -0.15) is 5.10 Å². The van der Waals surface area contributed by atoms with Crippen LogP contribution in [0.2, 0.25) is 0 Å². The number of nitrogens with zero attached hydrogens (tertiary/aromatic N) is 4. The van der Waals surface area contributed by atoms with Crippen LogP contribution in [-0.4, -0.2) is 52.2 Å². The Balaban J connectivity index is 1.36. The van der Waals surface area contributed by atoms with E-state index in [9.17, 15) is 9.59 Å². The van der Waals surface area contributed by atoms with Gasteiger partial charge in [0.25, 0.3) is 11.5 Å². The van der Waals surface area contributed by atoms with Crippen molar-refractivity contribution in [2.45, 2.75) is 0 Å². The van der Waals surface area contributed by atoms with Crippen LogP contribution in [0.1, 0.15) is 10.4 Å². The van der Waals surface area contributed by atoms with Crippen molar-refractivity contribution in [3.8, 4) is 11.3 Å². The van der Waals surface area contributed by atoms with E-state index in [1.165, 1.54) is 0 Å². The van der Waals surface area contributed by atoms with Crippen molar-refractivity contribution in [3.05, 3.63) is 82.9 Å². The Bertz CT molecular complexity index is 1340. The molecule has 0 saturated carbocycles. The predicted octanol–water partition coefficient (Wildman–Crippen LogP) is 2.53. The monoisotopic (exact) mass is 426 g/mol. The minimum Gasteiger partial charge on any atom is -0.397 e. The van der Waals surface area contributed by atoms with Gasteiger partial charge in [0.1, 0.15) is 0 Å². The van der Waals surface area contributed by atoms with Gasteiger partial charge in [-0.05, 0) is 30.3 Å². The zero-order valence-corrected chi connectivity index (χ0v) is 17.4. The number of carbonyl (C=O) groups excluding carboxylic acids is 1. The highest BCUT2D eigenvalue weighted by Gasteiger charge is 2.23. The van der Waals surface area contributed by atoms with Crippen molar-refractivity contribution in [1.29, 1.82) is 0 Å². The topological polar surface area (TPSA) is 108 Å². The van der Waals surface area contributed by atoms with Crippen molar-refractivity contribution >= 4 is 28.1 Å². The first-order valence-corrected chi connectivity index (χ1v) is 10.4. The number of pyridine rings is 1. The molecule has 2 aromatic carbocycles. The van der Waals surface area contributed by atoms with Crippen molar-refractivity contribution < 1.29 is 4.79 Å². The molecule has 0 atom stereocenters. The molecule has 1 amide bonds. The van der Waals surface area contributed by atoms with Crippen LogP contribution in [-0.2, 0) is 0 Å². The summed E-state index contributed by atoms with van der Waals surface area (Å²) in [4.78, 5) is 32.8. The standard InChI is InChI=1S/C24H22N6O2/c25-20-15-17(22-18-3-1-2-4-19(18)23(31)28-27-22)5-6-21(20)29-11-13-30(14-12-29)24(32)16-7-9-26-10-8-16/h1-10,15H,11-14,25H2,(H,28,31). The number of hydrogen-bond acceptors (Lipinski definition) is 6. The van der Waals surface area contributed by atoms with Gasteiger partial charge in [0, 0.05) is 55.1 Å². The maximum atomic E-state index is 12.7. The second-order valence-electron chi connectivity index (χ2n) is 7.74. The zero-order valence-electron chi connectivity index (χ0n) is 17.4. The molecule has 0 unspecified atom stereocenters. The van der Waals surface area contributed by atoms with E-state index in [0.29, 0.717) is 48.5 Å². The number of nitrogen functional groups attached to an aromatic ring is 1. The van der Waals surface area contributed by atoms with Gasteiger partial charge in [-0.15, -0.1) is 0 Å². The smallest absolute Gasteiger partial charge is 0.272 e. The summed E-state index contributed by atoms with van der Waals surface area (Å²) in [5.74, 6) is 0.0198. The molecular formula is C24H22N6O2. The Morgan fingerprint density at radius 2 is 1.66 bits per heavy atom. The maximum Gasteiger partial charge on any atom is 0.272 e. The first-order valence-electron chi connectivity index (χ1n) is 10.4. The number of anilines is 2. The second kappa shape index (κ2) is 8.14. The molecule has 8 heteroatoms. The second-order valence-corrected chi connectivity index (χ2v) is 7.74. The van der Waals surface area contributed by atoms with Crippen molar-refractivity contribution in [1.82, 2.24) is 20.1 Å². The third kappa shape index (κ3) is 3.56. The lowest BCUT2D eigenvalue weighted by Crippen LogP contribution is -2.49. The van der Waals surface area contributed by atoms with Crippen LogP contribution in [0.5, 0.6) is 0 Å². The Morgan fingerprint density at radius 3 is 2.38 bits per heavy atom. The van der Waals surface area contributed by atoms with E-state index in [-0.39, 0.29) is 11.5 Å². The molecular weight excluding hydrogens is 404 g/mol. The number of aromatic nitrogens is 3. The van der Waals surface area contributed by atoms with Gasteiger partial charge in [-0.25, -0.2) is 5.10 Å². The van der Waals surface area contributed by atoms with Gasteiger partial charge in [0.15, 0.2) is 0 Å². The fourth-order valence-electron chi connectivity index (χ4n) is 4.15. The molecule has 1 fully saturated rings. The van der Waals surface area contributed by atoms with E-state index in [1.54, 1.807) is 30.6 Å². The van der Waals surface area contributed by atoms with E-state index in [2.05, 4.69) is 20.1 Å². The highest BCUT2D eigenvalue weighted by Crippen LogP contribution is 2.31. The lowest BCUT2D eigenvalue weighted by Gasteiger charge is -2.36. The van der Waals surface area contributed by atoms with E-state index in [1.807, 2.05) is 41.3 Å². The first-order chi connectivity index (χ1) is 15.6. The summed E-state index contributed by atoms with van der Waals surface area (Å²) >= 11 is 0. The fourth-order valence-corrected chi connectivity index (χ4v) is 4.15. The van der Waals surface area contributed by atoms with Gasteiger partial charge < -0.3 is 15.5 Å². The van der Waals surface area contributed by atoms with Gasteiger partial charge in [0.05, 0.1) is 22.5 Å². The average Bonchev–Trinajstić information content (AvgIpc) is 2.85. The van der Waals surface area contributed by atoms with Gasteiger partial charge in [-0.3, -0.25) is 14.6 Å². The Kier molecular flexibility index (Phi) is 5.03. The molecule has 2 aromatic heterocycles. The summed E-state index contributed by atoms with van der Waals surface area (Å²) in [6.07, 6.45) is 3.26. The average molecular weight is 426 g/mol. The number of nitrogens with one attached hydrogen (secondary N) is 1. The highest BCUT2D eigenvalue weighted by atomic mass is 16.2. The predicted molar refractivity (Wildman–Crippen MR) is 125 cm³/mol. The number of carbonyl (C=O) groups is 1. The quantitative estimate of drug-likeness (QED) is 0.488. The summed E-state index contributed by atoms with van der Waals surface area (Å²) in [6, 6.07) is 16.7. The first kappa shape index (κ1) is 19.7. The molecule has 0 aliphatic carbocycles. The zero-order chi connectivity index (χ0) is 22.1. The van der Waals surface area contributed by atoms with Crippen molar-refractivity contribution in [3.63, 3.8) is 0 Å². The summed E-state index contributed by atoms with van der Waals surface area (Å²) in [6.45, 7) is 2.63. The SMILES string of the molecule is Nc1cc(-c2n[nH]c(=O)c3ccccc23)ccc1N1CCN(C(=O)c2ccncc2)CC1. The molecule has 0 spiro atoms. The number of benzene rings is 2. The van der Waals surface area contributed by atoms with E-state index in [0.717, 1.165) is 16.6 Å². The number of rotatable bonds is 3. The summed E-state index contributed by atoms with van der Waals surface area (Å²) < 4.78 is 0. The Morgan fingerprint density at radius 1 is 0.938 bits per heavy atom. The molecule has 1 aliphatic heterocycles. The lowest BCUT2D eigenvalue weighted by atomic mass is 10.0. The molecule has 3 N–H and O–H groups in total. The number of piperazine rings is 1. The van der Waals surface area contributed by atoms with Crippen LogP contribution in [0.3, 0.4) is 0 Å². The maximum absolute atomic E-state index is 12.7. The molecule has 8 nitrogen and oxygen atoms in total. The van der Waals surface area contributed by atoms with Crippen LogP contribution in [0.25, 0.3) is 22.0 Å². The molecule has 160 valence electrons. The summed E-state index contributed by atoms with van der Waals surface area (Å²) in [5.41, 5.74) is 9.94. The largest absolute Gasteiger partial charge is 0.397 e. The molecule has 4 aromatic rings. The van der Waals surface area contributed by atoms with E-state index in [4.69, 9.17) is 5.73 Å². The highest BCUT2D eigenvalue weighted by molar-refractivity contribution is 5.95. The number of amides is 1.